The lowest BCUT2D eigenvalue weighted by Gasteiger charge is -2.31. The molecule has 3 aromatic rings. The molecule has 1 aliphatic rings. The minimum atomic E-state index is -0.217. The zero-order chi connectivity index (χ0) is 24.8. The Morgan fingerprint density at radius 2 is 1.74 bits per heavy atom. The number of amides is 2. The van der Waals surface area contributed by atoms with Gasteiger partial charge in [-0.1, -0.05) is 48.0 Å². The van der Waals surface area contributed by atoms with Crippen LogP contribution in [0, 0.1) is 6.92 Å². The number of para-hydroxylation sites is 1. The largest absolute Gasteiger partial charge is 0.343 e. The van der Waals surface area contributed by atoms with E-state index in [1.807, 2.05) is 34.5 Å². The number of thiazole rings is 1. The van der Waals surface area contributed by atoms with Gasteiger partial charge in [0.05, 0.1) is 5.01 Å². The number of Topliss-reactive ketones (excluding diaryl/α,β-unsaturated/α-hetero) is 1. The first kappa shape index (κ1) is 24.8. The predicted molar refractivity (Wildman–Crippen MR) is 140 cm³/mol. The van der Waals surface area contributed by atoms with Gasteiger partial charge >= 0.3 is 0 Å². The molecule has 1 N–H and O–H groups in total. The number of hydrogen-bond donors (Lipinski definition) is 1. The summed E-state index contributed by atoms with van der Waals surface area (Å²) in [6.07, 6.45) is 3.18. The van der Waals surface area contributed by atoms with Crippen molar-refractivity contribution in [3.63, 3.8) is 0 Å². The molecule has 1 aromatic heterocycles. The van der Waals surface area contributed by atoms with Crippen LogP contribution in [-0.4, -0.2) is 40.6 Å². The molecule has 1 fully saturated rings. The normalized spacial score (nSPS) is 14.1. The van der Waals surface area contributed by atoms with Gasteiger partial charge in [-0.3, -0.25) is 9.59 Å². The minimum Gasteiger partial charge on any atom is -0.343 e. The number of piperidine rings is 1. The molecule has 0 spiro atoms. The first-order valence-electron chi connectivity index (χ1n) is 12.1. The molecule has 0 bridgehead atoms. The van der Waals surface area contributed by atoms with Crippen molar-refractivity contribution in [2.75, 3.05) is 18.4 Å². The lowest BCUT2D eigenvalue weighted by molar-refractivity contribution is -0.132. The highest BCUT2D eigenvalue weighted by atomic mass is 32.1. The second kappa shape index (κ2) is 11.4. The fraction of sp³-hybridized carbons (Fsp3) is 0.357. The van der Waals surface area contributed by atoms with Crippen molar-refractivity contribution in [1.29, 1.82) is 0 Å². The number of ketones is 1. The van der Waals surface area contributed by atoms with Crippen molar-refractivity contribution in [2.45, 2.75) is 51.9 Å². The number of nitrogens with one attached hydrogen (secondary N) is 1. The van der Waals surface area contributed by atoms with E-state index in [0.717, 1.165) is 34.7 Å². The highest BCUT2D eigenvalue weighted by molar-refractivity contribution is 7.10. The third-order valence-electron chi connectivity index (χ3n) is 6.41. The Hall–Kier alpha value is -3.32. The van der Waals surface area contributed by atoms with E-state index < -0.39 is 0 Å². The molecule has 2 heterocycles. The molecule has 2 aromatic carbocycles. The van der Waals surface area contributed by atoms with Gasteiger partial charge in [-0.05, 0) is 44.7 Å². The quantitative estimate of drug-likeness (QED) is 0.431. The molecular formula is C28H31N3O3S. The zero-order valence-corrected chi connectivity index (χ0v) is 21.1. The molecule has 6 nitrogen and oxygen atoms in total. The van der Waals surface area contributed by atoms with Crippen LogP contribution in [0.5, 0.6) is 0 Å². The summed E-state index contributed by atoms with van der Waals surface area (Å²) in [4.78, 5) is 43.0. The number of hydrogen-bond acceptors (Lipinski definition) is 5. The maximum atomic E-state index is 13.0. The molecule has 0 radical (unpaired) electrons. The molecule has 0 aliphatic carbocycles. The SMILES string of the molecule is CC(=O)CCCC(=O)N1CCC(c2nc(C(=O)Nc3ccccc3-c3ccc(C)cc3)cs2)CC1. The summed E-state index contributed by atoms with van der Waals surface area (Å²) in [5.41, 5.74) is 4.39. The molecule has 0 saturated carbocycles. The second-order valence-electron chi connectivity index (χ2n) is 9.15. The van der Waals surface area contributed by atoms with Gasteiger partial charge in [-0.25, -0.2) is 4.98 Å². The maximum absolute atomic E-state index is 13.0. The van der Waals surface area contributed by atoms with Crippen LogP contribution < -0.4 is 5.32 Å². The van der Waals surface area contributed by atoms with Crippen LogP contribution in [-0.2, 0) is 9.59 Å². The van der Waals surface area contributed by atoms with E-state index in [2.05, 4.69) is 41.5 Å². The number of likely N-dealkylation sites (tertiary alicyclic amines) is 1. The highest BCUT2D eigenvalue weighted by Crippen LogP contribution is 2.32. The van der Waals surface area contributed by atoms with E-state index in [1.165, 1.54) is 16.9 Å². The van der Waals surface area contributed by atoms with Crippen LogP contribution in [0.2, 0.25) is 0 Å². The Morgan fingerprint density at radius 3 is 2.46 bits per heavy atom. The van der Waals surface area contributed by atoms with Crippen LogP contribution in [0.1, 0.15) is 66.0 Å². The Labute approximate surface area is 210 Å². The third kappa shape index (κ3) is 6.42. The summed E-state index contributed by atoms with van der Waals surface area (Å²) in [5.74, 6) is 0.280. The predicted octanol–water partition coefficient (Wildman–Crippen LogP) is 5.84. The zero-order valence-electron chi connectivity index (χ0n) is 20.3. The molecule has 182 valence electrons. The molecule has 7 heteroatoms. The first-order chi connectivity index (χ1) is 16.9. The van der Waals surface area contributed by atoms with E-state index in [9.17, 15) is 14.4 Å². The smallest absolute Gasteiger partial charge is 0.275 e. The summed E-state index contributed by atoms with van der Waals surface area (Å²) >= 11 is 1.51. The summed E-state index contributed by atoms with van der Waals surface area (Å²) in [7, 11) is 0. The molecule has 4 rings (SSSR count). The fourth-order valence-electron chi connectivity index (χ4n) is 4.37. The van der Waals surface area contributed by atoms with Gasteiger partial charge in [0.2, 0.25) is 5.91 Å². The van der Waals surface area contributed by atoms with Gasteiger partial charge in [0, 0.05) is 48.5 Å². The van der Waals surface area contributed by atoms with Gasteiger partial charge in [0.1, 0.15) is 11.5 Å². The average molecular weight is 490 g/mol. The third-order valence-corrected chi connectivity index (χ3v) is 7.42. The van der Waals surface area contributed by atoms with Crippen LogP contribution in [0.25, 0.3) is 11.1 Å². The topological polar surface area (TPSA) is 79.4 Å². The first-order valence-corrected chi connectivity index (χ1v) is 13.0. The van der Waals surface area contributed by atoms with Crippen molar-refractivity contribution < 1.29 is 14.4 Å². The molecule has 2 amide bonds. The average Bonchev–Trinajstić information content (AvgIpc) is 3.35. The van der Waals surface area contributed by atoms with Crippen molar-refractivity contribution in [1.82, 2.24) is 9.88 Å². The number of carbonyl (C=O) groups is 3. The van der Waals surface area contributed by atoms with Gasteiger partial charge in [0.25, 0.3) is 5.91 Å². The van der Waals surface area contributed by atoms with Crippen LogP contribution in [0.15, 0.2) is 53.9 Å². The highest BCUT2D eigenvalue weighted by Gasteiger charge is 2.26. The van der Waals surface area contributed by atoms with Crippen LogP contribution >= 0.6 is 11.3 Å². The van der Waals surface area contributed by atoms with E-state index in [1.54, 1.807) is 6.92 Å². The van der Waals surface area contributed by atoms with Crippen molar-refractivity contribution >= 4 is 34.6 Å². The standard InChI is InChI=1S/C28H31N3O3S/c1-19-10-12-21(13-11-19)23-7-3-4-8-24(23)29-27(34)25-18-35-28(30-25)22-14-16-31(17-15-22)26(33)9-5-6-20(2)32/h3-4,7-8,10-13,18,22H,5-6,9,14-17H2,1-2H3,(H,29,34). The molecule has 35 heavy (non-hydrogen) atoms. The fourth-order valence-corrected chi connectivity index (χ4v) is 5.34. The van der Waals surface area contributed by atoms with E-state index in [-0.39, 0.29) is 23.5 Å². The van der Waals surface area contributed by atoms with Gasteiger partial charge in [-0.15, -0.1) is 11.3 Å². The van der Waals surface area contributed by atoms with Gasteiger partial charge in [-0.2, -0.15) is 0 Å². The summed E-state index contributed by atoms with van der Waals surface area (Å²) in [6.45, 7) is 4.99. The number of benzene rings is 2. The Balaban J connectivity index is 1.35. The summed E-state index contributed by atoms with van der Waals surface area (Å²) < 4.78 is 0. The summed E-state index contributed by atoms with van der Waals surface area (Å²) in [5, 5.41) is 5.80. The molecule has 0 atom stereocenters. The molecule has 1 aliphatic heterocycles. The van der Waals surface area contributed by atoms with Gasteiger partial charge in [0.15, 0.2) is 0 Å². The number of carbonyl (C=O) groups excluding carboxylic acids is 3. The minimum absolute atomic E-state index is 0.121. The van der Waals surface area contributed by atoms with Crippen LogP contribution in [0.4, 0.5) is 5.69 Å². The number of anilines is 1. The van der Waals surface area contributed by atoms with Gasteiger partial charge < -0.3 is 15.0 Å². The lowest BCUT2D eigenvalue weighted by atomic mass is 9.97. The summed E-state index contributed by atoms with van der Waals surface area (Å²) in [6, 6.07) is 16.0. The van der Waals surface area contributed by atoms with Crippen molar-refractivity contribution in [3.05, 3.63) is 70.2 Å². The number of aromatic nitrogens is 1. The monoisotopic (exact) mass is 489 g/mol. The van der Waals surface area contributed by atoms with E-state index in [0.29, 0.717) is 38.0 Å². The number of nitrogens with zero attached hydrogens (tertiary/aromatic N) is 2. The molecule has 0 unspecified atom stereocenters. The number of rotatable bonds is 8. The molecular weight excluding hydrogens is 458 g/mol. The Kier molecular flexibility index (Phi) is 8.08. The van der Waals surface area contributed by atoms with E-state index in [4.69, 9.17) is 0 Å². The van der Waals surface area contributed by atoms with Crippen molar-refractivity contribution in [2.24, 2.45) is 0 Å². The van der Waals surface area contributed by atoms with Crippen LogP contribution in [0.3, 0.4) is 0 Å². The second-order valence-corrected chi connectivity index (χ2v) is 10.0. The Bertz CT molecular complexity index is 1190. The molecule has 1 saturated heterocycles. The number of aryl methyl sites for hydroxylation is 1. The van der Waals surface area contributed by atoms with E-state index >= 15 is 0 Å². The lowest BCUT2D eigenvalue weighted by Crippen LogP contribution is -2.37. The van der Waals surface area contributed by atoms with Crippen molar-refractivity contribution in [3.8, 4) is 11.1 Å². The maximum Gasteiger partial charge on any atom is 0.275 e. The Morgan fingerprint density at radius 1 is 1.03 bits per heavy atom.